The lowest BCUT2D eigenvalue weighted by atomic mass is 10.2. The quantitative estimate of drug-likeness (QED) is 0.474. The third kappa shape index (κ3) is 5.74. The van der Waals surface area contributed by atoms with E-state index < -0.39 is 15.8 Å². The number of carbonyl (C=O) groups excluding carboxylic acids is 1. The minimum absolute atomic E-state index is 0.176. The summed E-state index contributed by atoms with van der Waals surface area (Å²) in [5.41, 5.74) is 1.11. The van der Waals surface area contributed by atoms with Crippen molar-refractivity contribution in [2.45, 2.75) is 18.2 Å². The summed E-state index contributed by atoms with van der Waals surface area (Å²) in [6.07, 6.45) is 0.837. The van der Waals surface area contributed by atoms with Crippen molar-refractivity contribution in [2.75, 3.05) is 16.6 Å². The van der Waals surface area contributed by atoms with Gasteiger partial charge in [0, 0.05) is 11.3 Å². The maximum absolute atomic E-state index is 13.3. The Morgan fingerprint density at radius 1 is 1.06 bits per heavy atom. The first-order valence-corrected chi connectivity index (χ1v) is 11.3. The fourth-order valence-electron chi connectivity index (χ4n) is 2.65. The van der Waals surface area contributed by atoms with E-state index in [2.05, 4.69) is 10.0 Å². The minimum atomic E-state index is -3.97. The highest BCUT2D eigenvalue weighted by molar-refractivity contribution is 7.92. The molecule has 1 amide bonds. The molecule has 0 atom stereocenters. The number of rotatable bonds is 8. The molecule has 0 aliphatic rings. The molecular formula is C22H20ClFN2O4S. The lowest BCUT2D eigenvalue weighted by Gasteiger charge is -2.12. The van der Waals surface area contributed by atoms with Gasteiger partial charge >= 0.3 is 0 Å². The third-order valence-electron chi connectivity index (χ3n) is 4.20. The Balaban J connectivity index is 1.71. The Morgan fingerprint density at radius 2 is 1.77 bits per heavy atom. The smallest absolute Gasteiger partial charge is 0.261 e. The van der Waals surface area contributed by atoms with Crippen LogP contribution >= 0.6 is 11.6 Å². The van der Waals surface area contributed by atoms with Crippen LogP contribution in [0.3, 0.4) is 0 Å². The summed E-state index contributed by atoms with van der Waals surface area (Å²) < 4.78 is 46.2. The van der Waals surface area contributed by atoms with Crippen LogP contribution in [0.2, 0.25) is 5.02 Å². The summed E-state index contributed by atoms with van der Waals surface area (Å²) in [7, 11) is -3.97. The number of anilines is 2. The Kier molecular flexibility index (Phi) is 7.14. The lowest BCUT2D eigenvalue weighted by molar-refractivity contribution is 0.102. The Hall–Kier alpha value is -3.10. The molecule has 31 heavy (non-hydrogen) atoms. The number of hydrogen-bond acceptors (Lipinski definition) is 4. The van der Waals surface area contributed by atoms with Gasteiger partial charge in [0.15, 0.2) is 0 Å². The van der Waals surface area contributed by atoms with Crippen LogP contribution in [0.4, 0.5) is 15.8 Å². The van der Waals surface area contributed by atoms with Crippen LogP contribution in [0.15, 0.2) is 71.6 Å². The van der Waals surface area contributed by atoms with Crippen molar-refractivity contribution in [3.8, 4) is 5.75 Å². The van der Waals surface area contributed by atoms with Gasteiger partial charge in [-0.2, -0.15) is 0 Å². The molecule has 3 rings (SSSR count). The second-order valence-electron chi connectivity index (χ2n) is 6.56. The Bertz CT molecular complexity index is 1180. The first-order chi connectivity index (χ1) is 14.8. The molecular weight excluding hydrogens is 443 g/mol. The van der Waals surface area contributed by atoms with E-state index in [1.807, 2.05) is 13.0 Å². The normalized spacial score (nSPS) is 11.1. The largest absolute Gasteiger partial charge is 0.491 e. The zero-order valence-corrected chi connectivity index (χ0v) is 18.1. The van der Waals surface area contributed by atoms with Gasteiger partial charge in [-0.05, 0) is 61.0 Å². The van der Waals surface area contributed by atoms with Gasteiger partial charge in [-0.15, -0.1) is 0 Å². The van der Waals surface area contributed by atoms with E-state index in [1.54, 1.807) is 18.2 Å². The van der Waals surface area contributed by atoms with Gasteiger partial charge in [0.2, 0.25) is 0 Å². The second-order valence-corrected chi connectivity index (χ2v) is 8.65. The van der Waals surface area contributed by atoms with Gasteiger partial charge in [-0.1, -0.05) is 30.7 Å². The van der Waals surface area contributed by atoms with Crippen molar-refractivity contribution in [3.05, 3.63) is 83.1 Å². The van der Waals surface area contributed by atoms with Crippen LogP contribution in [0, 0.1) is 5.82 Å². The summed E-state index contributed by atoms with van der Waals surface area (Å²) in [4.78, 5) is 12.4. The molecule has 0 saturated heterocycles. The summed E-state index contributed by atoms with van der Waals surface area (Å²) in [6, 6.07) is 16.1. The molecule has 162 valence electrons. The highest BCUT2D eigenvalue weighted by Crippen LogP contribution is 2.25. The Labute approximate surface area is 185 Å². The number of halogens is 2. The molecule has 0 unspecified atom stereocenters. The fourth-order valence-corrected chi connectivity index (χ4v) is 3.98. The van der Waals surface area contributed by atoms with Crippen LogP contribution < -0.4 is 14.8 Å². The van der Waals surface area contributed by atoms with Crippen molar-refractivity contribution in [1.29, 1.82) is 0 Å². The molecule has 2 N–H and O–H groups in total. The summed E-state index contributed by atoms with van der Waals surface area (Å²) >= 11 is 5.66. The standard InChI is InChI=1S/C22H20ClFN2O4S/c1-2-13-30-21-6-4-3-5-20(21)25-22(27)15-7-9-16(10-8-15)26-31(28,29)17-11-12-19(24)18(23)14-17/h3-12,14,26H,2,13H2,1H3,(H,25,27). The van der Waals surface area contributed by atoms with E-state index in [-0.39, 0.29) is 21.5 Å². The third-order valence-corrected chi connectivity index (χ3v) is 5.87. The number of carbonyl (C=O) groups is 1. The molecule has 0 aliphatic heterocycles. The van der Waals surface area contributed by atoms with E-state index in [0.29, 0.717) is 23.6 Å². The number of benzene rings is 3. The van der Waals surface area contributed by atoms with E-state index >= 15 is 0 Å². The Morgan fingerprint density at radius 3 is 2.45 bits per heavy atom. The lowest BCUT2D eigenvalue weighted by Crippen LogP contribution is -2.15. The van der Waals surface area contributed by atoms with E-state index in [4.69, 9.17) is 16.3 Å². The van der Waals surface area contributed by atoms with Crippen molar-refractivity contribution in [3.63, 3.8) is 0 Å². The minimum Gasteiger partial charge on any atom is -0.491 e. The predicted octanol–water partition coefficient (Wildman–Crippen LogP) is 5.32. The maximum Gasteiger partial charge on any atom is 0.261 e. The van der Waals surface area contributed by atoms with Gasteiger partial charge in [0.05, 0.1) is 22.2 Å². The molecule has 6 nitrogen and oxygen atoms in total. The molecule has 3 aromatic rings. The number of nitrogens with one attached hydrogen (secondary N) is 2. The zero-order valence-electron chi connectivity index (χ0n) is 16.6. The van der Waals surface area contributed by atoms with Crippen molar-refractivity contribution in [1.82, 2.24) is 0 Å². The summed E-state index contributed by atoms with van der Waals surface area (Å²) in [5.74, 6) is -0.509. The molecule has 0 spiro atoms. The van der Waals surface area contributed by atoms with Crippen LogP contribution in [0.5, 0.6) is 5.75 Å². The van der Waals surface area contributed by atoms with Crippen molar-refractivity contribution in [2.24, 2.45) is 0 Å². The number of ether oxygens (including phenoxy) is 1. The van der Waals surface area contributed by atoms with Crippen LogP contribution in [0.1, 0.15) is 23.7 Å². The van der Waals surface area contributed by atoms with Crippen LogP contribution in [0.25, 0.3) is 0 Å². The number of amides is 1. The monoisotopic (exact) mass is 462 g/mol. The van der Waals surface area contributed by atoms with E-state index in [9.17, 15) is 17.6 Å². The number of hydrogen-bond donors (Lipinski definition) is 2. The summed E-state index contributed by atoms with van der Waals surface area (Å²) in [6.45, 7) is 2.52. The SMILES string of the molecule is CCCOc1ccccc1NC(=O)c1ccc(NS(=O)(=O)c2ccc(F)c(Cl)c2)cc1. The van der Waals surface area contributed by atoms with Crippen LogP contribution in [-0.4, -0.2) is 20.9 Å². The molecule has 0 aliphatic carbocycles. The molecule has 0 fully saturated rings. The first-order valence-electron chi connectivity index (χ1n) is 9.41. The average molecular weight is 463 g/mol. The number of para-hydroxylation sites is 2. The molecule has 9 heteroatoms. The van der Waals surface area contributed by atoms with Gasteiger partial charge in [0.25, 0.3) is 15.9 Å². The molecule has 0 bridgehead atoms. The predicted molar refractivity (Wildman–Crippen MR) is 119 cm³/mol. The maximum atomic E-state index is 13.3. The van der Waals surface area contributed by atoms with E-state index in [1.165, 1.54) is 24.3 Å². The molecule has 0 heterocycles. The van der Waals surface area contributed by atoms with Gasteiger partial charge in [-0.25, -0.2) is 12.8 Å². The summed E-state index contributed by atoms with van der Waals surface area (Å²) in [5, 5.41) is 2.49. The average Bonchev–Trinajstić information content (AvgIpc) is 2.75. The topological polar surface area (TPSA) is 84.5 Å². The fraction of sp³-hybridized carbons (Fsp3) is 0.136. The highest BCUT2D eigenvalue weighted by Gasteiger charge is 2.17. The first kappa shape index (κ1) is 22.6. The molecule has 0 aromatic heterocycles. The van der Waals surface area contributed by atoms with Crippen LogP contribution in [-0.2, 0) is 10.0 Å². The molecule has 0 radical (unpaired) electrons. The van der Waals surface area contributed by atoms with Gasteiger partial charge < -0.3 is 10.1 Å². The van der Waals surface area contributed by atoms with Crippen molar-refractivity contribution >= 4 is 38.9 Å². The van der Waals surface area contributed by atoms with Gasteiger partial charge in [0.1, 0.15) is 11.6 Å². The number of sulfonamides is 1. The highest BCUT2D eigenvalue weighted by atomic mass is 35.5. The zero-order chi connectivity index (χ0) is 22.4. The molecule has 3 aromatic carbocycles. The second kappa shape index (κ2) is 9.80. The van der Waals surface area contributed by atoms with Gasteiger partial charge in [-0.3, -0.25) is 9.52 Å². The van der Waals surface area contributed by atoms with Crippen molar-refractivity contribution < 1.29 is 22.3 Å². The van der Waals surface area contributed by atoms with E-state index in [0.717, 1.165) is 24.6 Å². The molecule has 0 saturated carbocycles.